The molecule has 11 heteroatoms. The van der Waals surface area contributed by atoms with Gasteiger partial charge in [0.05, 0.1) is 0 Å². The summed E-state index contributed by atoms with van der Waals surface area (Å²) in [7, 11) is -12.2. The first kappa shape index (κ1) is 29.1. The molecule has 0 aliphatic rings. The Kier molecular flexibility index (Phi) is 10.2. The van der Waals surface area contributed by atoms with Gasteiger partial charge in [0, 0.05) is 17.2 Å². The highest BCUT2D eigenvalue weighted by Gasteiger charge is 2.54. The Morgan fingerprint density at radius 1 is 0.690 bits per heavy atom. The monoisotopic (exact) mass is 496 g/mol. The lowest BCUT2D eigenvalue weighted by Gasteiger charge is -2.45. The number of hydrogen-bond acceptors (Lipinski definition) is 6. The minimum atomic E-state index is -2.90. The van der Waals surface area contributed by atoms with Crippen LogP contribution in [0.3, 0.4) is 0 Å². The molecule has 0 amide bonds. The molecule has 0 aromatic rings. The van der Waals surface area contributed by atoms with Crippen LogP contribution in [-0.4, -0.2) is 48.5 Å². The first-order chi connectivity index (χ1) is 12.7. The maximum Gasteiger partial charge on any atom is 0.398 e. The molecular weight excluding hydrogens is 453 g/mol. The molecule has 0 N–H and O–H groups in total. The predicted octanol–water partition coefficient (Wildman–Crippen LogP) is 5.98. The molecular formula is C18H44O6Si5. The number of carbonyl (C=O) groups is 1. The van der Waals surface area contributed by atoms with Gasteiger partial charge in [-0.15, -0.1) is 0 Å². The van der Waals surface area contributed by atoms with E-state index in [1.165, 1.54) is 6.08 Å². The summed E-state index contributed by atoms with van der Waals surface area (Å²) in [5, 5.41) is 0. The van der Waals surface area contributed by atoms with Crippen LogP contribution in [0.5, 0.6) is 0 Å². The van der Waals surface area contributed by atoms with Crippen LogP contribution in [0.15, 0.2) is 12.7 Å². The van der Waals surface area contributed by atoms with Gasteiger partial charge < -0.3 is 20.9 Å². The van der Waals surface area contributed by atoms with E-state index in [0.29, 0.717) is 0 Å². The van der Waals surface area contributed by atoms with E-state index in [4.69, 9.17) is 20.9 Å². The quantitative estimate of drug-likeness (QED) is 0.244. The molecule has 0 aliphatic heterocycles. The van der Waals surface area contributed by atoms with Crippen LogP contribution in [0.25, 0.3) is 0 Å². The SMILES string of the molecule is C=CC(=O)O[Si](O[Si](C)(C)O[Si](C)(C)O[Si](C)(C)O[Si](C)(C)C)(C(C)C)C(C)C. The number of carbonyl (C=O) groups excluding carboxylic acids is 1. The van der Waals surface area contributed by atoms with Gasteiger partial charge in [0.2, 0.25) is 0 Å². The van der Waals surface area contributed by atoms with Gasteiger partial charge in [-0.3, -0.25) is 0 Å². The predicted molar refractivity (Wildman–Crippen MR) is 132 cm³/mol. The third-order valence-corrected chi connectivity index (χ3v) is 23.2. The average Bonchev–Trinajstić information content (AvgIpc) is 2.39. The lowest BCUT2D eigenvalue weighted by atomic mass is 10.5. The summed E-state index contributed by atoms with van der Waals surface area (Å²) in [6, 6.07) is 0. The third kappa shape index (κ3) is 10.3. The Morgan fingerprint density at radius 2 is 1.03 bits per heavy atom. The number of hydrogen-bond donors (Lipinski definition) is 0. The third-order valence-electron chi connectivity index (χ3n) is 3.98. The molecule has 0 unspecified atom stereocenters. The minimum Gasteiger partial charge on any atom is -0.491 e. The average molecular weight is 497 g/mol. The van der Waals surface area contributed by atoms with Crippen LogP contribution in [0.2, 0.25) is 70.0 Å². The molecule has 0 aromatic heterocycles. The summed E-state index contributed by atoms with van der Waals surface area (Å²) < 4.78 is 32.0. The molecule has 29 heavy (non-hydrogen) atoms. The summed E-state index contributed by atoms with van der Waals surface area (Å²) in [6.07, 6.45) is 1.20. The van der Waals surface area contributed by atoms with Crippen LogP contribution in [0, 0.1) is 0 Å². The molecule has 0 saturated heterocycles. The highest BCUT2D eigenvalue weighted by atomic mass is 28.5. The Balaban J connectivity index is 5.62. The van der Waals surface area contributed by atoms with E-state index in [0.717, 1.165) is 0 Å². The molecule has 0 atom stereocenters. The van der Waals surface area contributed by atoms with E-state index < -0.39 is 48.5 Å². The lowest BCUT2D eigenvalue weighted by molar-refractivity contribution is -0.131. The van der Waals surface area contributed by atoms with Crippen molar-refractivity contribution in [2.75, 3.05) is 0 Å². The fourth-order valence-electron chi connectivity index (χ4n) is 3.73. The maximum absolute atomic E-state index is 12.1. The van der Waals surface area contributed by atoms with Crippen molar-refractivity contribution < 1.29 is 25.7 Å². The molecule has 0 radical (unpaired) electrons. The Labute approximate surface area is 184 Å². The van der Waals surface area contributed by atoms with Gasteiger partial charge in [-0.1, -0.05) is 34.3 Å². The minimum absolute atomic E-state index is 0.0773. The molecule has 0 saturated carbocycles. The summed E-state index contributed by atoms with van der Waals surface area (Å²) >= 11 is 0. The van der Waals surface area contributed by atoms with E-state index in [9.17, 15) is 4.79 Å². The fourth-order valence-corrected chi connectivity index (χ4v) is 28.0. The van der Waals surface area contributed by atoms with Gasteiger partial charge in [0.15, 0.2) is 8.32 Å². The molecule has 0 aliphatic carbocycles. The van der Waals surface area contributed by atoms with Crippen molar-refractivity contribution in [1.29, 1.82) is 0 Å². The Morgan fingerprint density at radius 3 is 1.34 bits per heavy atom. The van der Waals surface area contributed by atoms with E-state index in [2.05, 4.69) is 39.3 Å². The lowest BCUT2D eigenvalue weighted by Crippen LogP contribution is -2.61. The second kappa shape index (κ2) is 10.2. The Hall–Kier alpha value is 0.134. The van der Waals surface area contributed by atoms with Gasteiger partial charge in [0.1, 0.15) is 0 Å². The molecule has 172 valence electrons. The van der Waals surface area contributed by atoms with Crippen LogP contribution in [0.1, 0.15) is 27.7 Å². The van der Waals surface area contributed by atoms with Crippen molar-refractivity contribution in [2.24, 2.45) is 0 Å². The Bertz CT molecular complexity index is 562. The van der Waals surface area contributed by atoms with Crippen LogP contribution >= 0.6 is 0 Å². The zero-order valence-corrected chi connectivity index (χ0v) is 25.9. The summed E-state index contributed by atoms with van der Waals surface area (Å²) in [5.41, 5.74) is 0.155. The molecule has 0 spiro atoms. The smallest absolute Gasteiger partial charge is 0.398 e. The summed E-state index contributed by atoms with van der Waals surface area (Å²) in [4.78, 5) is 12.1. The highest BCUT2D eigenvalue weighted by molar-refractivity contribution is 6.90. The van der Waals surface area contributed by atoms with Crippen molar-refractivity contribution in [3.63, 3.8) is 0 Å². The van der Waals surface area contributed by atoms with Gasteiger partial charge >= 0.3 is 40.2 Å². The molecule has 0 rings (SSSR count). The van der Waals surface area contributed by atoms with Crippen molar-refractivity contribution in [1.82, 2.24) is 0 Å². The van der Waals surface area contributed by atoms with Gasteiger partial charge in [-0.2, -0.15) is 0 Å². The topological polar surface area (TPSA) is 63.2 Å². The first-order valence-electron chi connectivity index (χ1n) is 10.3. The van der Waals surface area contributed by atoms with Crippen molar-refractivity contribution >= 4 is 48.5 Å². The van der Waals surface area contributed by atoms with Crippen molar-refractivity contribution in [2.45, 2.75) is 97.7 Å². The molecule has 0 bridgehead atoms. The van der Waals surface area contributed by atoms with E-state index in [1.807, 2.05) is 53.9 Å². The maximum atomic E-state index is 12.1. The summed E-state index contributed by atoms with van der Waals surface area (Å²) in [6.45, 7) is 30.5. The largest absolute Gasteiger partial charge is 0.491 e. The molecule has 6 nitrogen and oxygen atoms in total. The van der Waals surface area contributed by atoms with Gasteiger partial charge in [-0.25, -0.2) is 4.79 Å². The van der Waals surface area contributed by atoms with E-state index >= 15 is 0 Å². The van der Waals surface area contributed by atoms with Crippen molar-refractivity contribution in [3.8, 4) is 0 Å². The molecule has 0 fully saturated rings. The zero-order valence-electron chi connectivity index (χ0n) is 20.9. The zero-order chi connectivity index (χ0) is 23.5. The van der Waals surface area contributed by atoms with Gasteiger partial charge in [0.25, 0.3) is 0 Å². The van der Waals surface area contributed by atoms with Gasteiger partial charge in [-0.05, 0) is 58.9 Å². The second-order valence-corrected chi connectivity index (χ2v) is 30.2. The fraction of sp³-hybridized carbons (Fsp3) is 0.833. The standard InChI is InChI=1S/C18H44O6Si5/c1-15-18(19)20-29(16(2)3,17(4)5)24-28(13,14)23-27(11,12)22-26(9,10)21-25(6,7)8/h15-17H,1H2,2-14H3. The first-order valence-corrected chi connectivity index (χ1v) is 24.2. The second-order valence-electron chi connectivity index (χ2n) is 10.4. The van der Waals surface area contributed by atoms with Crippen LogP contribution in [-0.2, 0) is 25.7 Å². The normalized spacial score (nSPS) is 14.4. The van der Waals surface area contributed by atoms with Crippen LogP contribution < -0.4 is 0 Å². The van der Waals surface area contributed by atoms with Crippen LogP contribution in [0.4, 0.5) is 0 Å². The molecule has 0 aromatic carbocycles. The highest BCUT2D eigenvalue weighted by Crippen LogP contribution is 2.38. The number of rotatable bonds is 12. The van der Waals surface area contributed by atoms with Crippen molar-refractivity contribution in [3.05, 3.63) is 12.7 Å². The molecule has 0 heterocycles. The van der Waals surface area contributed by atoms with E-state index in [-0.39, 0.29) is 11.1 Å². The summed E-state index contributed by atoms with van der Waals surface area (Å²) in [5.74, 6) is -0.436. The van der Waals surface area contributed by atoms with E-state index in [1.54, 1.807) is 0 Å².